The maximum absolute atomic E-state index is 9.35. The van der Waals surface area contributed by atoms with Gasteiger partial charge in [0.1, 0.15) is 5.75 Å². The van der Waals surface area contributed by atoms with Crippen molar-refractivity contribution in [3.63, 3.8) is 0 Å². The Kier molecular flexibility index (Phi) is 9.00. The Morgan fingerprint density at radius 2 is 1.29 bits per heavy atom. The van der Waals surface area contributed by atoms with Crippen LogP contribution in [0.2, 0.25) is 0 Å². The van der Waals surface area contributed by atoms with Crippen molar-refractivity contribution in [1.82, 2.24) is 19.6 Å². The summed E-state index contributed by atoms with van der Waals surface area (Å²) in [6.07, 6.45) is 7.48. The maximum atomic E-state index is 9.35. The summed E-state index contributed by atoms with van der Waals surface area (Å²) in [7, 11) is 0. The Balaban J connectivity index is 0.000000188. The van der Waals surface area contributed by atoms with Gasteiger partial charge >= 0.3 is 0 Å². The SMILES string of the molecule is Cc1ccccc1-c1ccc(O)cc1C.[Pt].[c-]1c(Cn2cccn2)cccc1Cn1cccn1. The monoisotopic (exact) mass is 630 g/mol. The summed E-state index contributed by atoms with van der Waals surface area (Å²) in [6, 6.07) is 27.2. The van der Waals surface area contributed by atoms with Gasteiger partial charge in [0.2, 0.25) is 0 Å². The van der Waals surface area contributed by atoms with E-state index in [0.29, 0.717) is 5.75 Å². The first-order valence-corrected chi connectivity index (χ1v) is 10.9. The Morgan fingerprint density at radius 1 is 0.706 bits per heavy atom. The van der Waals surface area contributed by atoms with Crippen LogP contribution in [0.15, 0.2) is 97.6 Å². The summed E-state index contributed by atoms with van der Waals surface area (Å²) in [5, 5.41) is 17.7. The molecular weight excluding hydrogens is 603 g/mol. The molecule has 3 aromatic carbocycles. The number of aryl methyl sites for hydroxylation is 2. The molecule has 0 spiro atoms. The zero-order valence-corrected chi connectivity index (χ0v) is 21.5. The molecule has 0 amide bonds. The van der Waals surface area contributed by atoms with Crippen LogP contribution in [0.5, 0.6) is 5.75 Å². The van der Waals surface area contributed by atoms with E-state index in [2.05, 4.69) is 47.5 Å². The fraction of sp³-hybridized carbons (Fsp3) is 0.143. The molecule has 5 rings (SSSR count). The van der Waals surface area contributed by atoms with E-state index in [0.717, 1.165) is 29.8 Å². The second-order valence-corrected chi connectivity index (χ2v) is 7.92. The van der Waals surface area contributed by atoms with Crippen molar-refractivity contribution in [2.75, 3.05) is 0 Å². The number of phenolic OH excluding ortho intramolecular Hbond substituents is 1. The Labute approximate surface area is 215 Å². The zero-order valence-electron chi connectivity index (χ0n) is 19.2. The fourth-order valence-corrected chi connectivity index (χ4v) is 3.72. The summed E-state index contributed by atoms with van der Waals surface area (Å²) < 4.78 is 3.78. The summed E-state index contributed by atoms with van der Waals surface area (Å²) in [4.78, 5) is 0. The third-order valence-electron chi connectivity index (χ3n) is 5.34. The van der Waals surface area contributed by atoms with Crippen molar-refractivity contribution in [1.29, 1.82) is 0 Å². The normalized spacial score (nSPS) is 10.2. The molecule has 0 atom stereocenters. The Bertz CT molecular complexity index is 1250. The molecule has 5 aromatic rings. The fourth-order valence-electron chi connectivity index (χ4n) is 3.72. The quantitative estimate of drug-likeness (QED) is 0.256. The summed E-state index contributed by atoms with van der Waals surface area (Å²) in [6.45, 7) is 5.61. The summed E-state index contributed by atoms with van der Waals surface area (Å²) >= 11 is 0. The molecule has 2 heterocycles. The van der Waals surface area contributed by atoms with Crippen LogP contribution < -0.4 is 0 Å². The van der Waals surface area contributed by atoms with Crippen LogP contribution >= 0.6 is 0 Å². The second-order valence-electron chi connectivity index (χ2n) is 7.92. The molecule has 0 aliphatic rings. The molecule has 0 aliphatic heterocycles. The Hall–Kier alpha value is -3.43. The van der Waals surface area contributed by atoms with E-state index in [-0.39, 0.29) is 21.1 Å². The number of hydrogen-bond acceptors (Lipinski definition) is 3. The topological polar surface area (TPSA) is 55.9 Å². The van der Waals surface area contributed by atoms with Gasteiger partial charge in [0, 0.05) is 58.9 Å². The van der Waals surface area contributed by atoms with E-state index >= 15 is 0 Å². The van der Waals surface area contributed by atoms with Gasteiger partial charge in [-0.25, -0.2) is 0 Å². The van der Waals surface area contributed by atoms with Crippen LogP contribution in [0, 0.1) is 19.9 Å². The van der Waals surface area contributed by atoms with E-state index in [4.69, 9.17) is 0 Å². The second kappa shape index (κ2) is 12.1. The first kappa shape index (κ1) is 25.2. The number of phenols is 1. The minimum Gasteiger partial charge on any atom is -0.508 e. The molecule has 6 heteroatoms. The third kappa shape index (κ3) is 6.79. The predicted octanol–water partition coefficient (Wildman–Crippen LogP) is 5.65. The average Bonchev–Trinajstić information content (AvgIpc) is 3.50. The van der Waals surface area contributed by atoms with Crippen molar-refractivity contribution in [2.24, 2.45) is 0 Å². The van der Waals surface area contributed by atoms with E-state index in [1.807, 2.05) is 65.1 Å². The van der Waals surface area contributed by atoms with Crippen LogP contribution in [0.4, 0.5) is 0 Å². The van der Waals surface area contributed by atoms with Gasteiger partial charge in [-0.15, -0.1) is 11.1 Å². The molecule has 0 saturated heterocycles. The van der Waals surface area contributed by atoms with Crippen molar-refractivity contribution >= 4 is 0 Å². The van der Waals surface area contributed by atoms with Crippen LogP contribution in [0.25, 0.3) is 11.1 Å². The van der Waals surface area contributed by atoms with Crippen LogP contribution in [0.3, 0.4) is 0 Å². The molecule has 1 N–H and O–H groups in total. The van der Waals surface area contributed by atoms with Gasteiger partial charge in [-0.05, 0) is 60.4 Å². The van der Waals surface area contributed by atoms with Gasteiger partial charge in [-0.1, -0.05) is 30.3 Å². The number of aromatic hydroxyl groups is 1. The molecule has 176 valence electrons. The van der Waals surface area contributed by atoms with Gasteiger partial charge in [-0.2, -0.15) is 34.5 Å². The first-order valence-electron chi connectivity index (χ1n) is 10.9. The molecule has 0 fully saturated rings. The molecule has 0 saturated carbocycles. The van der Waals surface area contributed by atoms with Gasteiger partial charge in [-0.3, -0.25) is 9.36 Å². The van der Waals surface area contributed by atoms with Gasteiger partial charge in [0.25, 0.3) is 0 Å². The van der Waals surface area contributed by atoms with Crippen molar-refractivity contribution in [2.45, 2.75) is 26.9 Å². The van der Waals surface area contributed by atoms with E-state index < -0.39 is 0 Å². The van der Waals surface area contributed by atoms with E-state index in [9.17, 15) is 5.11 Å². The number of rotatable bonds is 5. The molecule has 0 aliphatic carbocycles. The minimum absolute atomic E-state index is 0. The number of hydrogen-bond donors (Lipinski definition) is 1. The number of nitrogens with zero attached hydrogens (tertiary/aromatic N) is 4. The maximum Gasteiger partial charge on any atom is 0.115 e. The molecule has 0 unspecified atom stereocenters. The summed E-state index contributed by atoms with van der Waals surface area (Å²) in [5.41, 5.74) is 7.03. The van der Waals surface area contributed by atoms with Gasteiger partial charge in [0.05, 0.1) is 0 Å². The average molecular weight is 631 g/mol. The number of aromatic nitrogens is 4. The Morgan fingerprint density at radius 3 is 1.82 bits per heavy atom. The summed E-state index contributed by atoms with van der Waals surface area (Å²) in [5.74, 6) is 0.324. The van der Waals surface area contributed by atoms with Gasteiger partial charge in [0.15, 0.2) is 0 Å². The number of benzene rings is 3. The third-order valence-corrected chi connectivity index (χ3v) is 5.34. The molecule has 0 radical (unpaired) electrons. The zero-order chi connectivity index (χ0) is 23.0. The first-order chi connectivity index (χ1) is 16.1. The van der Waals surface area contributed by atoms with Crippen molar-refractivity contribution in [3.05, 3.63) is 126 Å². The van der Waals surface area contributed by atoms with E-state index in [1.165, 1.54) is 16.7 Å². The molecule has 0 bridgehead atoms. The standard InChI is InChI=1S/C14H13N4.C14H14O.Pt/c1-4-13(11-17-8-2-6-15-17)10-14(5-1)12-18-9-3-7-16-18;1-10-5-3-4-6-13(10)14-8-7-12(15)9-11(14)2;/h1-9H,11-12H2;3-9,15H,1-2H3;/q-1;;. The van der Waals surface area contributed by atoms with E-state index in [1.54, 1.807) is 24.5 Å². The molecule has 5 nitrogen and oxygen atoms in total. The smallest absolute Gasteiger partial charge is 0.115 e. The largest absolute Gasteiger partial charge is 0.508 e. The van der Waals surface area contributed by atoms with Crippen LogP contribution in [-0.2, 0) is 34.2 Å². The molecule has 34 heavy (non-hydrogen) atoms. The van der Waals surface area contributed by atoms with Crippen molar-refractivity contribution < 1.29 is 26.2 Å². The minimum atomic E-state index is 0. The molecule has 2 aromatic heterocycles. The molecular formula is C28H27N4OPt-. The predicted molar refractivity (Wildman–Crippen MR) is 131 cm³/mol. The van der Waals surface area contributed by atoms with Gasteiger partial charge < -0.3 is 5.11 Å². The van der Waals surface area contributed by atoms with Crippen LogP contribution in [0.1, 0.15) is 22.3 Å². The van der Waals surface area contributed by atoms with Crippen molar-refractivity contribution in [3.8, 4) is 16.9 Å². The van der Waals surface area contributed by atoms with Crippen LogP contribution in [-0.4, -0.2) is 24.7 Å².